The molecule has 0 fully saturated rings. The number of esters is 1. The van der Waals surface area contributed by atoms with Crippen LogP contribution in [0.3, 0.4) is 0 Å². The highest BCUT2D eigenvalue weighted by molar-refractivity contribution is 6.22. The number of hydrogen-bond acceptors (Lipinski definition) is 4. The highest BCUT2D eigenvalue weighted by Crippen LogP contribution is 2.24. The second-order valence-corrected chi connectivity index (χ2v) is 4.01. The molecule has 114 valence electrons. The number of benzene rings is 1. The normalized spacial score (nSPS) is 12.1. The number of Topliss-reactive ketones (excluding diaryl/α,β-unsaturated/α-hetero) is 1. The summed E-state index contributed by atoms with van der Waals surface area (Å²) in [5, 5.41) is 0. The molecular formula is C14H14F3NO3. The third kappa shape index (κ3) is 4.42. The summed E-state index contributed by atoms with van der Waals surface area (Å²) in [5.41, 5.74) is 5.18. The van der Waals surface area contributed by atoms with Crippen LogP contribution in [0.2, 0.25) is 0 Å². The number of carbonyl (C=O) groups is 2. The Balaban J connectivity index is 3.33. The van der Waals surface area contributed by atoms with Crippen molar-refractivity contribution in [1.29, 1.82) is 0 Å². The second-order valence-electron chi connectivity index (χ2n) is 4.01. The predicted octanol–water partition coefficient (Wildman–Crippen LogP) is 2.22. The number of rotatable bonds is 5. The van der Waals surface area contributed by atoms with Crippen LogP contribution in [0.1, 0.15) is 18.1 Å². The molecular weight excluding hydrogens is 287 g/mol. The van der Waals surface area contributed by atoms with E-state index in [0.29, 0.717) is 5.56 Å². The van der Waals surface area contributed by atoms with Crippen LogP contribution in [-0.2, 0) is 20.9 Å². The largest absolute Gasteiger partial charge is 0.462 e. The first kappa shape index (κ1) is 16.9. The average Bonchev–Trinajstić information content (AvgIpc) is 2.43. The highest BCUT2D eigenvalue weighted by atomic mass is 19.4. The Bertz CT molecular complexity index is 565. The number of hydrogen-bond donors (Lipinski definition) is 1. The molecule has 0 bridgehead atoms. The lowest BCUT2D eigenvalue weighted by molar-refractivity contribution is -0.168. The Morgan fingerprint density at radius 3 is 2.43 bits per heavy atom. The summed E-state index contributed by atoms with van der Waals surface area (Å²) in [5.74, 6) is -3.56. The van der Waals surface area contributed by atoms with Crippen LogP contribution in [0.4, 0.5) is 13.2 Å². The van der Waals surface area contributed by atoms with Gasteiger partial charge in [-0.2, -0.15) is 13.2 Å². The first-order valence-corrected chi connectivity index (χ1v) is 6.09. The van der Waals surface area contributed by atoms with Gasteiger partial charge in [0.1, 0.15) is 5.57 Å². The highest BCUT2D eigenvalue weighted by Gasteiger charge is 2.43. The van der Waals surface area contributed by atoms with Gasteiger partial charge in [-0.1, -0.05) is 24.3 Å². The van der Waals surface area contributed by atoms with Crippen molar-refractivity contribution in [3.05, 3.63) is 41.0 Å². The van der Waals surface area contributed by atoms with Crippen molar-refractivity contribution in [1.82, 2.24) is 0 Å². The molecule has 0 saturated carbocycles. The molecule has 0 saturated heterocycles. The van der Waals surface area contributed by atoms with E-state index < -0.39 is 23.5 Å². The molecule has 0 heterocycles. The minimum Gasteiger partial charge on any atom is -0.462 e. The van der Waals surface area contributed by atoms with E-state index in [0.717, 1.165) is 6.08 Å². The maximum Gasteiger partial charge on any atom is 0.455 e. The van der Waals surface area contributed by atoms with E-state index in [9.17, 15) is 22.8 Å². The minimum absolute atomic E-state index is 0.0585. The first-order valence-electron chi connectivity index (χ1n) is 6.09. The molecule has 7 heteroatoms. The molecule has 4 nitrogen and oxygen atoms in total. The Kier molecular flexibility index (Phi) is 5.66. The number of halogens is 3. The lowest BCUT2D eigenvalue weighted by Gasteiger charge is -2.10. The standard InChI is InChI=1S/C14H14F3NO3/c1-2-21-13(20)11(12(19)14(15,16)17)7-9-5-3-4-6-10(9)8-18/h3-7H,2,8,18H2,1H3/b11-7-. The van der Waals surface area contributed by atoms with Crippen molar-refractivity contribution in [3.8, 4) is 0 Å². The molecule has 0 aromatic heterocycles. The van der Waals surface area contributed by atoms with Crippen LogP contribution in [0, 0.1) is 0 Å². The number of alkyl halides is 3. The maximum atomic E-state index is 12.6. The molecule has 0 radical (unpaired) electrons. The van der Waals surface area contributed by atoms with Crippen LogP contribution in [0.25, 0.3) is 6.08 Å². The summed E-state index contributed by atoms with van der Waals surface area (Å²) < 4.78 is 42.2. The fourth-order valence-corrected chi connectivity index (χ4v) is 1.60. The fourth-order valence-electron chi connectivity index (χ4n) is 1.60. The van der Waals surface area contributed by atoms with Crippen LogP contribution >= 0.6 is 0 Å². The van der Waals surface area contributed by atoms with E-state index in [1.54, 1.807) is 18.2 Å². The van der Waals surface area contributed by atoms with Crippen molar-refractivity contribution >= 4 is 17.8 Å². The molecule has 2 N–H and O–H groups in total. The van der Waals surface area contributed by atoms with Crippen molar-refractivity contribution in [2.24, 2.45) is 5.73 Å². The van der Waals surface area contributed by atoms with Gasteiger partial charge in [0.2, 0.25) is 0 Å². The third-order valence-electron chi connectivity index (χ3n) is 2.57. The predicted molar refractivity (Wildman–Crippen MR) is 70.0 cm³/mol. The number of ether oxygens (including phenoxy) is 1. The van der Waals surface area contributed by atoms with E-state index in [-0.39, 0.29) is 18.7 Å². The lowest BCUT2D eigenvalue weighted by Crippen LogP contribution is -2.29. The number of nitrogens with two attached hydrogens (primary N) is 1. The molecule has 0 aliphatic carbocycles. The van der Waals surface area contributed by atoms with Gasteiger partial charge in [0.25, 0.3) is 5.78 Å². The summed E-state index contributed by atoms with van der Waals surface area (Å²) in [6.45, 7) is 1.35. The number of ketones is 1. The number of carbonyl (C=O) groups excluding carboxylic acids is 2. The van der Waals surface area contributed by atoms with Gasteiger partial charge < -0.3 is 10.5 Å². The molecule has 1 aromatic carbocycles. The third-order valence-corrected chi connectivity index (χ3v) is 2.57. The molecule has 0 spiro atoms. The fraction of sp³-hybridized carbons (Fsp3) is 0.286. The lowest BCUT2D eigenvalue weighted by atomic mass is 10.0. The Labute approximate surface area is 119 Å². The summed E-state index contributed by atoms with van der Waals surface area (Å²) in [6.07, 6.45) is -4.30. The molecule has 0 amide bonds. The van der Waals surface area contributed by atoms with Gasteiger partial charge in [-0.05, 0) is 24.1 Å². The summed E-state index contributed by atoms with van der Waals surface area (Å²) >= 11 is 0. The molecule has 0 atom stereocenters. The van der Waals surface area contributed by atoms with Crippen molar-refractivity contribution in [2.75, 3.05) is 6.61 Å². The summed E-state index contributed by atoms with van der Waals surface area (Å²) in [6, 6.07) is 6.26. The molecule has 21 heavy (non-hydrogen) atoms. The Morgan fingerprint density at radius 1 is 1.29 bits per heavy atom. The van der Waals surface area contributed by atoms with E-state index in [1.165, 1.54) is 13.0 Å². The quantitative estimate of drug-likeness (QED) is 0.392. The maximum absolute atomic E-state index is 12.6. The minimum atomic E-state index is -5.16. The molecule has 1 aromatic rings. The van der Waals surface area contributed by atoms with Crippen molar-refractivity contribution < 1.29 is 27.5 Å². The first-order chi connectivity index (χ1) is 9.81. The van der Waals surface area contributed by atoms with Gasteiger partial charge in [-0.25, -0.2) is 4.79 Å². The van der Waals surface area contributed by atoms with Crippen LogP contribution in [0.15, 0.2) is 29.8 Å². The van der Waals surface area contributed by atoms with E-state index in [1.807, 2.05) is 0 Å². The van der Waals surface area contributed by atoms with E-state index >= 15 is 0 Å². The van der Waals surface area contributed by atoms with Crippen LogP contribution in [0.5, 0.6) is 0 Å². The van der Waals surface area contributed by atoms with Crippen LogP contribution in [-0.4, -0.2) is 24.5 Å². The van der Waals surface area contributed by atoms with E-state index in [2.05, 4.69) is 4.74 Å². The zero-order chi connectivity index (χ0) is 16.0. The molecule has 0 aliphatic heterocycles. The van der Waals surface area contributed by atoms with Gasteiger partial charge in [0, 0.05) is 6.54 Å². The van der Waals surface area contributed by atoms with Gasteiger partial charge in [-0.15, -0.1) is 0 Å². The average molecular weight is 301 g/mol. The van der Waals surface area contributed by atoms with E-state index in [4.69, 9.17) is 5.73 Å². The topological polar surface area (TPSA) is 69.4 Å². The van der Waals surface area contributed by atoms with Gasteiger partial charge in [0.05, 0.1) is 6.61 Å². The smallest absolute Gasteiger partial charge is 0.455 e. The monoisotopic (exact) mass is 301 g/mol. The van der Waals surface area contributed by atoms with Gasteiger partial charge in [-0.3, -0.25) is 4.79 Å². The molecule has 1 rings (SSSR count). The summed E-state index contributed by atoms with van der Waals surface area (Å²) in [7, 11) is 0. The molecule has 0 aliphatic rings. The summed E-state index contributed by atoms with van der Waals surface area (Å²) in [4.78, 5) is 23.0. The van der Waals surface area contributed by atoms with Gasteiger partial charge >= 0.3 is 12.1 Å². The van der Waals surface area contributed by atoms with Crippen molar-refractivity contribution in [2.45, 2.75) is 19.6 Å². The SMILES string of the molecule is CCOC(=O)/C(=C\c1ccccc1CN)C(=O)C(F)(F)F. The zero-order valence-corrected chi connectivity index (χ0v) is 11.2. The second kappa shape index (κ2) is 7.03. The Hall–Kier alpha value is -2.15. The van der Waals surface area contributed by atoms with Crippen LogP contribution < -0.4 is 5.73 Å². The molecule has 0 unspecified atom stereocenters. The van der Waals surface area contributed by atoms with Crippen molar-refractivity contribution in [3.63, 3.8) is 0 Å². The Morgan fingerprint density at radius 2 is 1.90 bits per heavy atom. The zero-order valence-electron chi connectivity index (χ0n) is 11.2. The van der Waals surface area contributed by atoms with Gasteiger partial charge in [0.15, 0.2) is 0 Å².